The Balaban J connectivity index is 2.27. The van der Waals surface area contributed by atoms with E-state index in [1.54, 1.807) is 16.9 Å². The van der Waals surface area contributed by atoms with Gasteiger partial charge in [0.05, 0.1) is 11.1 Å². The summed E-state index contributed by atoms with van der Waals surface area (Å²) in [5, 5.41) is 14.8. The van der Waals surface area contributed by atoms with Crippen LogP contribution in [0.4, 0.5) is 11.4 Å². The van der Waals surface area contributed by atoms with Crippen LogP contribution < -0.4 is 4.90 Å². The Morgan fingerprint density at radius 1 is 1.50 bits per heavy atom. The van der Waals surface area contributed by atoms with Gasteiger partial charge in [-0.15, -0.1) is 0 Å². The molecule has 7 nitrogen and oxygen atoms in total. The van der Waals surface area contributed by atoms with Gasteiger partial charge in [0, 0.05) is 55.8 Å². The lowest BCUT2D eigenvalue weighted by Crippen LogP contribution is -2.17. The van der Waals surface area contributed by atoms with E-state index in [9.17, 15) is 14.9 Å². The van der Waals surface area contributed by atoms with Crippen LogP contribution in [0.15, 0.2) is 30.6 Å². The number of carbonyl (C=O) groups is 1. The number of hydrogen-bond acceptors (Lipinski definition) is 5. The Bertz CT molecular complexity index is 651. The van der Waals surface area contributed by atoms with E-state index in [1.165, 1.54) is 12.1 Å². The predicted octanol–water partition coefficient (Wildman–Crippen LogP) is 1.78. The largest absolute Gasteiger partial charge is 0.370 e. The second-order valence-electron chi connectivity index (χ2n) is 4.50. The van der Waals surface area contributed by atoms with Crippen LogP contribution in [-0.2, 0) is 13.6 Å². The molecule has 0 amide bonds. The highest BCUT2D eigenvalue weighted by atomic mass is 16.6. The summed E-state index contributed by atoms with van der Waals surface area (Å²) >= 11 is 0. The minimum absolute atomic E-state index is 0.0920. The summed E-state index contributed by atoms with van der Waals surface area (Å²) in [4.78, 5) is 23.1. The van der Waals surface area contributed by atoms with Gasteiger partial charge >= 0.3 is 0 Å². The fourth-order valence-corrected chi connectivity index (χ4v) is 2.01. The molecule has 0 N–H and O–H groups in total. The lowest BCUT2D eigenvalue weighted by Gasteiger charge is -2.19. The van der Waals surface area contributed by atoms with Crippen molar-refractivity contribution >= 4 is 17.7 Å². The average Bonchev–Trinajstić information content (AvgIpc) is 2.83. The van der Waals surface area contributed by atoms with E-state index in [-0.39, 0.29) is 5.69 Å². The highest BCUT2D eigenvalue weighted by Crippen LogP contribution is 2.24. The van der Waals surface area contributed by atoms with Crippen molar-refractivity contribution in [1.82, 2.24) is 9.78 Å². The SMILES string of the molecule is CN(Cc1cnn(C)c1)c1ccc([N+](=O)[O-])cc1C=O. The number of hydrogen-bond donors (Lipinski definition) is 0. The summed E-state index contributed by atoms with van der Waals surface area (Å²) in [6.07, 6.45) is 4.24. The zero-order chi connectivity index (χ0) is 14.7. The number of aryl methyl sites for hydroxylation is 1. The smallest absolute Gasteiger partial charge is 0.270 e. The molecule has 0 bridgehead atoms. The standard InChI is InChI=1S/C13H14N4O3/c1-15(7-10-6-14-16(2)8-10)13-4-3-12(17(19)20)5-11(13)9-18/h3-6,8-9H,7H2,1-2H3. The number of benzene rings is 1. The molecular formula is C13H14N4O3. The van der Waals surface area contributed by atoms with Crippen LogP contribution in [0.2, 0.25) is 0 Å². The van der Waals surface area contributed by atoms with Gasteiger partial charge in [0.15, 0.2) is 6.29 Å². The molecule has 104 valence electrons. The third-order valence-corrected chi connectivity index (χ3v) is 2.94. The minimum atomic E-state index is -0.516. The zero-order valence-corrected chi connectivity index (χ0v) is 11.2. The van der Waals surface area contributed by atoms with Crippen molar-refractivity contribution in [2.24, 2.45) is 7.05 Å². The van der Waals surface area contributed by atoms with E-state index in [0.717, 1.165) is 5.56 Å². The molecule has 0 unspecified atom stereocenters. The quantitative estimate of drug-likeness (QED) is 0.471. The number of nitro groups is 1. The van der Waals surface area contributed by atoms with Gasteiger partial charge < -0.3 is 4.90 Å². The van der Waals surface area contributed by atoms with Gasteiger partial charge in [0.25, 0.3) is 5.69 Å². The van der Waals surface area contributed by atoms with Gasteiger partial charge in [-0.2, -0.15) is 5.10 Å². The number of non-ortho nitro benzene ring substituents is 1. The molecule has 1 aromatic carbocycles. The first-order chi connectivity index (χ1) is 9.51. The van der Waals surface area contributed by atoms with E-state index in [0.29, 0.717) is 24.1 Å². The molecule has 2 aromatic rings. The molecule has 0 aliphatic heterocycles. The Kier molecular flexibility index (Phi) is 3.79. The summed E-state index contributed by atoms with van der Waals surface area (Å²) in [5.74, 6) is 0. The third kappa shape index (κ3) is 2.82. The van der Waals surface area contributed by atoms with Crippen LogP contribution in [0.3, 0.4) is 0 Å². The van der Waals surface area contributed by atoms with Gasteiger partial charge in [-0.1, -0.05) is 0 Å². The number of anilines is 1. The zero-order valence-electron chi connectivity index (χ0n) is 11.2. The summed E-state index contributed by atoms with van der Waals surface area (Å²) < 4.78 is 1.69. The van der Waals surface area contributed by atoms with Gasteiger partial charge in [-0.25, -0.2) is 0 Å². The summed E-state index contributed by atoms with van der Waals surface area (Å²) in [7, 11) is 3.65. The van der Waals surface area contributed by atoms with Crippen LogP contribution in [0.5, 0.6) is 0 Å². The Hall–Kier alpha value is -2.70. The van der Waals surface area contributed by atoms with Crippen LogP contribution in [0, 0.1) is 10.1 Å². The molecule has 0 radical (unpaired) electrons. The number of aromatic nitrogens is 2. The molecule has 2 rings (SSSR count). The highest BCUT2D eigenvalue weighted by Gasteiger charge is 2.13. The molecule has 0 aliphatic carbocycles. The van der Waals surface area contributed by atoms with Crippen LogP contribution in [0.1, 0.15) is 15.9 Å². The molecule has 7 heteroatoms. The molecule has 1 heterocycles. The first-order valence-electron chi connectivity index (χ1n) is 5.93. The lowest BCUT2D eigenvalue weighted by molar-refractivity contribution is -0.384. The molecule has 0 atom stereocenters. The highest BCUT2D eigenvalue weighted by molar-refractivity contribution is 5.85. The maximum Gasteiger partial charge on any atom is 0.270 e. The second kappa shape index (κ2) is 5.52. The minimum Gasteiger partial charge on any atom is -0.370 e. The van der Waals surface area contributed by atoms with Gasteiger partial charge in [0.1, 0.15) is 0 Å². The molecule has 1 aromatic heterocycles. The fourth-order valence-electron chi connectivity index (χ4n) is 2.01. The van der Waals surface area contributed by atoms with Crippen LogP contribution in [-0.4, -0.2) is 28.0 Å². The van der Waals surface area contributed by atoms with Crippen LogP contribution in [0.25, 0.3) is 0 Å². The van der Waals surface area contributed by atoms with E-state index in [1.807, 2.05) is 25.2 Å². The first kappa shape index (κ1) is 13.7. The average molecular weight is 274 g/mol. The molecule has 0 spiro atoms. The number of nitrogens with zero attached hydrogens (tertiary/aromatic N) is 4. The Labute approximate surface area is 115 Å². The molecule has 0 fully saturated rings. The van der Waals surface area contributed by atoms with Crippen molar-refractivity contribution in [3.63, 3.8) is 0 Å². The topological polar surface area (TPSA) is 81.3 Å². The van der Waals surface area contributed by atoms with Crippen molar-refractivity contribution in [3.8, 4) is 0 Å². The molecule has 0 saturated carbocycles. The molecular weight excluding hydrogens is 260 g/mol. The molecule has 0 saturated heterocycles. The summed E-state index contributed by atoms with van der Waals surface area (Å²) in [5.41, 5.74) is 1.84. The predicted molar refractivity (Wildman–Crippen MR) is 73.8 cm³/mol. The third-order valence-electron chi connectivity index (χ3n) is 2.94. The van der Waals surface area contributed by atoms with E-state index in [2.05, 4.69) is 5.10 Å². The van der Waals surface area contributed by atoms with Gasteiger partial charge in [0.2, 0.25) is 0 Å². The van der Waals surface area contributed by atoms with E-state index >= 15 is 0 Å². The fraction of sp³-hybridized carbons (Fsp3) is 0.231. The van der Waals surface area contributed by atoms with Crippen LogP contribution >= 0.6 is 0 Å². The van der Waals surface area contributed by atoms with E-state index in [4.69, 9.17) is 0 Å². The monoisotopic (exact) mass is 274 g/mol. The Morgan fingerprint density at radius 2 is 2.25 bits per heavy atom. The van der Waals surface area contributed by atoms with Gasteiger partial charge in [-0.3, -0.25) is 19.6 Å². The maximum absolute atomic E-state index is 11.1. The number of nitro benzene ring substituents is 1. The maximum atomic E-state index is 11.1. The summed E-state index contributed by atoms with van der Waals surface area (Å²) in [6, 6.07) is 4.25. The number of aldehydes is 1. The second-order valence-corrected chi connectivity index (χ2v) is 4.50. The van der Waals surface area contributed by atoms with Crippen molar-refractivity contribution in [3.05, 3.63) is 51.8 Å². The number of rotatable bonds is 5. The first-order valence-corrected chi connectivity index (χ1v) is 5.93. The van der Waals surface area contributed by atoms with Crippen molar-refractivity contribution in [2.75, 3.05) is 11.9 Å². The normalized spacial score (nSPS) is 10.3. The van der Waals surface area contributed by atoms with E-state index < -0.39 is 4.92 Å². The van der Waals surface area contributed by atoms with Crippen molar-refractivity contribution < 1.29 is 9.72 Å². The van der Waals surface area contributed by atoms with Gasteiger partial charge in [-0.05, 0) is 6.07 Å². The van der Waals surface area contributed by atoms with Crippen molar-refractivity contribution in [2.45, 2.75) is 6.54 Å². The number of carbonyl (C=O) groups excluding carboxylic acids is 1. The Morgan fingerprint density at radius 3 is 2.80 bits per heavy atom. The van der Waals surface area contributed by atoms with Crippen molar-refractivity contribution in [1.29, 1.82) is 0 Å². The lowest BCUT2D eigenvalue weighted by atomic mass is 10.1. The summed E-state index contributed by atoms with van der Waals surface area (Å²) in [6.45, 7) is 0.562. The molecule has 20 heavy (non-hydrogen) atoms. The molecule has 0 aliphatic rings.